The first kappa shape index (κ1) is 13.1. The van der Waals surface area contributed by atoms with E-state index in [0.717, 1.165) is 37.3 Å². The van der Waals surface area contributed by atoms with Gasteiger partial charge in [-0.2, -0.15) is 0 Å². The summed E-state index contributed by atoms with van der Waals surface area (Å²) in [5.74, 6) is 0.931. The van der Waals surface area contributed by atoms with Crippen molar-refractivity contribution in [1.82, 2.24) is 10.3 Å². The summed E-state index contributed by atoms with van der Waals surface area (Å²) in [7, 11) is -1.39. The summed E-state index contributed by atoms with van der Waals surface area (Å²) in [5, 5.41) is 22.3. The van der Waals surface area contributed by atoms with Gasteiger partial charge in [-0.15, -0.1) is 0 Å². The summed E-state index contributed by atoms with van der Waals surface area (Å²) in [6.45, 7) is 2.02. The zero-order valence-corrected chi connectivity index (χ0v) is 11.2. The van der Waals surface area contributed by atoms with Gasteiger partial charge in [-0.3, -0.25) is 4.98 Å². The van der Waals surface area contributed by atoms with Gasteiger partial charge >= 0.3 is 7.12 Å². The molecule has 0 amide bonds. The molecule has 2 fully saturated rings. The van der Waals surface area contributed by atoms with Gasteiger partial charge in [0.05, 0.1) is 0 Å². The number of nitrogens with one attached hydrogen (secondary N) is 1. The maximum Gasteiger partial charge on any atom is 0.488 e. The summed E-state index contributed by atoms with van der Waals surface area (Å²) >= 11 is 0. The molecule has 1 saturated heterocycles. The van der Waals surface area contributed by atoms with E-state index in [1.54, 1.807) is 0 Å². The van der Waals surface area contributed by atoms with Gasteiger partial charge in [-0.05, 0) is 49.8 Å². The van der Waals surface area contributed by atoms with Crippen molar-refractivity contribution in [3.63, 3.8) is 0 Å². The summed E-state index contributed by atoms with van der Waals surface area (Å²) in [4.78, 5) is 4.80. The Kier molecular flexibility index (Phi) is 3.87. The van der Waals surface area contributed by atoms with Crippen molar-refractivity contribution in [1.29, 1.82) is 0 Å². The van der Waals surface area contributed by atoms with Crippen LogP contribution >= 0.6 is 0 Å². The van der Waals surface area contributed by atoms with E-state index in [0.29, 0.717) is 17.3 Å². The molecule has 3 rings (SSSR count). The zero-order valence-electron chi connectivity index (χ0n) is 11.2. The quantitative estimate of drug-likeness (QED) is 0.692. The van der Waals surface area contributed by atoms with Crippen LogP contribution in [0.25, 0.3) is 0 Å². The Hall–Kier alpha value is -0.905. The Morgan fingerprint density at radius 2 is 1.74 bits per heavy atom. The molecule has 1 aliphatic carbocycles. The number of aromatic nitrogens is 1. The Morgan fingerprint density at radius 1 is 1.05 bits per heavy atom. The molecule has 1 aromatic rings. The van der Waals surface area contributed by atoms with Gasteiger partial charge in [-0.1, -0.05) is 6.42 Å². The van der Waals surface area contributed by atoms with Gasteiger partial charge in [0.25, 0.3) is 0 Å². The second-order valence-electron chi connectivity index (χ2n) is 5.79. The fraction of sp³-hybridized carbons (Fsp3) is 0.643. The molecule has 4 nitrogen and oxygen atoms in total. The van der Waals surface area contributed by atoms with Crippen molar-refractivity contribution >= 4 is 12.6 Å². The van der Waals surface area contributed by atoms with Gasteiger partial charge in [0.15, 0.2) is 0 Å². The molecule has 1 atom stereocenters. The van der Waals surface area contributed by atoms with E-state index in [1.165, 1.54) is 19.3 Å². The Morgan fingerprint density at radius 3 is 2.26 bits per heavy atom. The molecule has 1 aromatic heterocycles. The van der Waals surface area contributed by atoms with Gasteiger partial charge in [0.2, 0.25) is 0 Å². The topological polar surface area (TPSA) is 65.4 Å². The molecular formula is C14H21BN2O2. The molecule has 0 radical (unpaired) electrons. The highest BCUT2D eigenvalue weighted by atomic mass is 16.4. The Labute approximate surface area is 114 Å². The smallest absolute Gasteiger partial charge is 0.423 e. The Bertz CT molecular complexity index is 443. The van der Waals surface area contributed by atoms with Gasteiger partial charge in [0.1, 0.15) is 0 Å². The van der Waals surface area contributed by atoms with Crippen LogP contribution < -0.4 is 10.8 Å². The van der Waals surface area contributed by atoms with Crippen LogP contribution in [0, 0.1) is 0 Å². The molecule has 2 aliphatic rings. The molecule has 0 bridgehead atoms. The molecule has 0 spiro atoms. The number of hydrogen-bond acceptors (Lipinski definition) is 4. The van der Waals surface area contributed by atoms with Crippen LogP contribution in [0.3, 0.4) is 0 Å². The fourth-order valence-corrected chi connectivity index (χ4v) is 2.97. The van der Waals surface area contributed by atoms with E-state index < -0.39 is 7.12 Å². The van der Waals surface area contributed by atoms with E-state index >= 15 is 0 Å². The molecule has 1 saturated carbocycles. The summed E-state index contributed by atoms with van der Waals surface area (Å²) in [5.41, 5.74) is 2.68. The minimum Gasteiger partial charge on any atom is -0.423 e. The van der Waals surface area contributed by atoms with Crippen LogP contribution in [-0.2, 0) is 0 Å². The monoisotopic (exact) mass is 260 g/mol. The van der Waals surface area contributed by atoms with Crippen molar-refractivity contribution in [2.75, 3.05) is 13.1 Å². The predicted molar refractivity (Wildman–Crippen MR) is 75.5 cm³/mol. The highest BCUT2D eigenvalue weighted by Crippen LogP contribution is 2.35. The van der Waals surface area contributed by atoms with E-state index in [-0.39, 0.29) is 0 Å². The normalized spacial score (nSPS) is 24.0. The first-order chi connectivity index (χ1) is 9.24. The average Bonchev–Trinajstić information content (AvgIpc) is 2.37. The number of piperidine rings is 1. The van der Waals surface area contributed by atoms with E-state index in [9.17, 15) is 10.0 Å². The largest absolute Gasteiger partial charge is 0.488 e. The number of rotatable bonds is 3. The van der Waals surface area contributed by atoms with Crippen LogP contribution in [0.1, 0.15) is 55.3 Å². The molecule has 1 unspecified atom stereocenters. The fourth-order valence-electron chi connectivity index (χ4n) is 2.97. The third kappa shape index (κ3) is 2.83. The lowest BCUT2D eigenvalue weighted by Gasteiger charge is -2.28. The van der Waals surface area contributed by atoms with Crippen molar-refractivity contribution in [2.24, 2.45) is 0 Å². The lowest BCUT2D eigenvalue weighted by Crippen LogP contribution is -2.34. The van der Waals surface area contributed by atoms with Gasteiger partial charge < -0.3 is 15.4 Å². The first-order valence-corrected chi connectivity index (χ1v) is 7.32. The van der Waals surface area contributed by atoms with Crippen LogP contribution in [0.5, 0.6) is 0 Å². The van der Waals surface area contributed by atoms with Crippen LogP contribution in [0.2, 0.25) is 0 Å². The Balaban J connectivity index is 1.90. The zero-order chi connectivity index (χ0) is 13.2. The molecule has 5 heteroatoms. The van der Waals surface area contributed by atoms with Crippen LogP contribution in [0.4, 0.5) is 0 Å². The molecule has 3 N–H and O–H groups in total. The lowest BCUT2D eigenvalue weighted by molar-refractivity contribution is 0.404. The summed E-state index contributed by atoms with van der Waals surface area (Å²) in [6.07, 6.45) is 5.92. The maximum absolute atomic E-state index is 9.46. The van der Waals surface area contributed by atoms with E-state index in [1.807, 2.05) is 12.1 Å². The number of nitrogens with zero attached hydrogens (tertiary/aromatic N) is 1. The molecule has 0 aromatic carbocycles. The number of pyridine rings is 1. The molecule has 1 aliphatic heterocycles. The summed E-state index contributed by atoms with van der Waals surface area (Å²) < 4.78 is 0. The van der Waals surface area contributed by atoms with Crippen molar-refractivity contribution in [2.45, 2.75) is 43.9 Å². The highest BCUT2D eigenvalue weighted by Gasteiger charge is 2.26. The van der Waals surface area contributed by atoms with Crippen LogP contribution in [0.15, 0.2) is 12.1 Å². The van der Waals surface area contributed by atoms with Gasteiger partial charge in [0, 0.05) is 29.8 Å². The molecule has 2 heterocycles. The predicted octanol–water partition coefficient (Wildman–Crippen LogP) is 0.496. The second-order valence-corrected chi connectivity index (χ2v) is 5.79. The maximum atomic E-state index is 9.46. The SMILES string of the molecule is OB(O)c1cc(C2CCC2)nc(C2CCCNC2)c1. The van der Waals surface area contributed by atoms with Crippen molar-refractivity contribution in [3.8, 4) is 0 Å². The molecule has 102 valence electrons. The minimum absolute atomic E-state index is 0.409. The van der Waals surface area contributed by atoms with E-state index in [4.69, 9.17) is 4.98 Å². The lowest BCUT2D eigenvalue weighted by atomic mass is 9.75. The second kappa shape index (κ2) is 5.61. The average molecular weight is 260 g/mol. The van der Waals surface area contributed by atoms with Gasteiger partial charge in [-0.25, -0.2) is 0 Å². The van der Waals surface area contributed by atoms with Crippen LogP contribution in [-0.4, -0.2) is 35.2 Å². The third-order valence-electron chi connectivity index (χ3n) is 4.42. The van der Waals surface area contributed by atoms with E-state index in [2.05, 4.69) is 5.32 Å². The molecule has 19 heavy (non-hydrogen) atoms. The van der Waals surface area contributed by atoms with Crippen molar-refractivity contribution < 1.29 is 10.0 Å². The summed E-state index contributed by atoms with van der Waals surface area (Å²) in [6, 6.07) is 3.73. The third-order valence-corrected chi connectivity index (χ3v) is 4.42. The molecular weight excluding hydrogens is 239 g/mol. The standard InChI is InChI=1S/C14H21BN2O2/c18-15(19)12-7-13(10-3-1-4-10)17-14(8-12)11-5-2-6-16-9-11/h7-8,10-11,16,18-19H,1-6,9H2. The minimum atomic E-state index is -1.39. The first-order valence-electron chi connectivity index (χ1n) is 7.32. The highest BCUT2D eigenvalue weighted by molar-refractivity contribution is 6.58. The number of hydrogen-bond donors (Lipinski definition) is 3. The van der Waals surface area contributed by atoms with Crippen molar-refractivity contribution in [3.05, 3.63) is 23.5 Å².